The van der Waals surface area contributed by atoms with E-state index in [2.05, 4.69) is 0 Å². The number of rotatable bonds is 5. The maximum absolute atomic E-state index is 9.71. The Hall–Kier alpha value is -0.240. The van der Waals surface area contributed by atoms with E-state index in [0.29, 0.717) is 0 Å². The predicted molar refractivity (Wildman–Crippen MR) is 92.9 cm³/mol. The van der Waals surface area contributed by atoms with Crippen molar-refractivity contribution < 1.29 is 30.1 Å². The summed E-state index contributed by atoms with van der Waals surface area (Å²) < 4.78 is 0. The van der Waals surface area contributed by atoms with E-state index < -0.39 is 33.2 Å². The van der Waals surface area contributed by atoms with Crippen LogP contribution in [0.3, 0.4) is 0 Å². The third kappa shape index (κ3) is 3.94. The Morgan fingerprint density at radius 1 is 0.417 bits per heavy atom. The molecule has 0 radical (unpaired) electrons. The molecule has 0 saturated carbocycles. The van der Waals surface area contributed by atoms with Crippen LogP contribution in [0.15, 0.2) is 0 Å². The highest BCUT2D eigenvalue weighted by atomic mass is 17.3. The van der Waals surface area contributed by atoms with Crippen molar-refractivity contribution in [2.75, 3.05) is 0 Å². The van der Waals surface area contributed by atoms with E-state index >= 15 is 0 Å². The van der Waals surface area contributed by atoms with Gasteiger partial charge in [0, 0.05) is 21.7 Å². The SMILES string of the molecule is CC(C)(C)C(OO)(OOC(OO)(C(C)(C)C)C(C)(C)C)C(C)(C)C. The first kappa shape index (κ1) is 23.8. The van der Waals surface area contributed by atoms with Crippen LogP contribution in [-0.2, 0) is 19.6 Å². The zero-order valence-electron chi connectivity index (χ0n) is 17.5. The molecule has 0 fully saturated rings. The predicted octanol–water partition coefficient (Wildman–Crippen LogP) is 5.49. The third-order valence-corrected chi connectivity index (χ3v) is 4.48. The molecule has 0 heterocycles. The highest BCUT2D eigenvalue weighted by Gasteiger charge is 2.61. The van der Waals surface area contributed by atoms with Crippen LogP contribution in [-0.4, -0.2) is 22.1 Å². The van der Waals surface area contributed by atoms with Crippen LogP contribution in [0.25, 0.3) is 0 Å². The standard InChI is InChI=1S/C18H38O6/c1-13(2,3)17(21-19,14(4,5)6)23-24-18(22-20,15(7,8)9)16(10,11)12/h19-20H,1-12H3. The molecule has 0 aliphatic rings. The summed E-state index contributed by atoms with van der Waals surface area (Å²) >= 11 is 0. The van der Waals surface area contributed by atoms with Crippen molar-refractivity contribution in [3.63, 3.8) is 0 Å². The largest absolute Gasteiger partial charge is 0.249 e. The van der Waals surface area contributed by atoms with Crippen LogP contribution >= 0.6 is 0 Å². The monoisotopic (exact) mass is 350 g/mol. The highest BCUT2D eigenvalue weighted by molar-refractivity contribution is 4.95. The molecule has 0 aliphatic heterocycles. The Labute approximate surface area is 147 Å². The molecule has 24 heavy (non-hydrogen) atoms. The van der Waals surface area contributed by atoms with Gasteiger partial charge in [-0.2, -0.15) is 19.6 Å². The molecule has 0 unspecified atom stereocenters. The van der Waals surface area contributed by atoms with Crippen molar-refractivity contribution >= 4 is 0 Å². The van der Waals surface area contributed by atoms with E-state index in [4.69, 9.17) is 19.6 Å². The molecule has 0 amide bonds. The van der Waals surface area contributed by atoms with Crippen LogP contribution in [0.1, 0.15) is 83.1 Å². The van der Waals surface area contributed by atoms with Gasteiger partial charge in [-0.1, -0.05) is 83.1 Å². The van der Waals surface area contributed by atoms with Crippen molar-refractivity contribution in [3.05, 3.63) is 0 Å². The summed E-state index contributed by atoms with van der Waals surface area (Å²) in [5, 5.41) is 19.4. The second kappa shape index (κ2) is 6.82. The van der Waals surface area contributed by atoms with Gasteiger partial charge >= 0.3 is 0 Å². The quantitative estimate of drug-likeness (QED) is 0.388. The molecule has 0 rings (SSSR count). The fourth-order valence-corrected chi connectivity index (χ4v) is 3.45. The van der Waals surface area contributed by atoms with Crippen LogP contribution in [0.5, 0.6) is 0 Å². The Balaban J connectivity index is 6.09. The summed E-state index contributed by atoms with van der Waals surface area (Å²) in [5.41, 5.74) is -2.57. The van der Waals surface area contributed by atoms with E-state index in [1.165, 1.54) is 0 Å². The van der Waals surface area contributed by atoms with Crippen LogP contribution < -0.4 is 0 Å². The Kier molecular flexibility index (Phi) is 6.75. The second-order valence-electron chi connectivity index (χ2n) is 10.6. The molecule has 0 aliphatic carbocycles. The van der Waals surface area contributed by atoms with Crippen molar-refractivity contribution in [3.8, 4) is 0 Å². The first-order valence-corrected chi connectivity index (χ1v) is 8.35. The molecular formula is C18H38O6. The molecule has 0 atom stereocenters. The van der Waals surface area contributed by atoms with Gasteiger partial charge in [0.05, 0.1) is 0 Å². The molecule has 0 aromatic carbocycles. The van der Waals surface area contributed by atoms with Gasteiger partial charge in [-0.15, -0.1) is 0 Å². The maximum Gasteiger partial charge on any atom is 0.243 e. The van der Waals surface area contributed by atoms with Gasteiger partial charge in [0.1, 0.15) is 0 Å². The van der Waals surface area contributed by atoms with Crippen molar-refractivity contribution in [2.45, 2.75) is 94.7 Å². The minimum absolute atomic E-state index is 0.642. The molecule has 0 aromatic heterocycles. The molecular weight excluding hydrogens is 312 g/mol. The second-order valence-corrected chi connectivity index (χ2v) is 10.6. The zero-order valence-corrected chi connectivity index (χ0v) is 17.5. The fraction of sp³-hybridized carbons (Fsp3) is 1.00. The van der Waals surface area contributed by atoms with E-state index in [-0.39, 0.29) is 0 Å². The molecule has 0 bridgehead atoms. The molecule has 6 nitrogen and oxygen atoms in total. The molecule has 0 spiro atoms. The summed E-state index contributed by atoms with van der Waals surface area (Å²) in [6.45, 7) is 22.4. The van der Waals surface area contributed by atoms with E-state index in [1.807, 2.05) is 83.1 Å². The summed E-state index contributed by atoms with van der Waals surface area (Å²) in [6, 6.07) is 0. The van der Waals surface area contributed by atoms with Gasteiger partial charge in [0.25, 0.3) is 0 Å². The normalized spacial score (nSPS) is 15.8. The van der Waals surface area contributed by atoms with Crippen LogP contribution in [0.2, 0.25) is 0 Å². The van der Waals surface area contributed by atoms with Gasteiger partial charge in [-0.05, 0) is 0 Å². The fourth-order valence-electron chi connectivity index (χ4n) is 3.45. The molecule has 146 valence electrons. The first-order chi connectivity index (χ1) is 10.3. The zero-order chi connectivity index (χ0) is 19.8. The molecule has 0 aromatic rings. The molecule has 0 saturated heterocycles. The summed E-state index contributed by atoms with van der Waals surface area (Å²) in [5.74, 6) is -3.00. The average Bonchev–Trinajstić information content (AvgIpc) is 2.28. The lowest BCUT2D eigenvalue weighted by atomic mass is 9.70. The van der Waals surface area contributed by atoms with Crippen LogP contribution in [0.4, 0.5) is 0 Å². The van der Waals surface area contributed by atoms with Gasteiger partial charge < -0.3 is 0 Å². The van der Waals surface area contributed by atoms with E-state index in [0.717, 1.165) is 0 Å². The van der Waals surface area contributed by atoms with Crippen molar-refractivity contribution in [1.29, 1.82) is 0 Å². The topological polar surface area (TPSA) is 77.4 Å². The summed E-state index contributed by atoms with van der Waals surface area (Å²) in [4.78, 5) is 21.2. The lowest BCUT2D eigenvalue weighted by molar-refractivity contribution is -0.621. The van der Waals surface area contributed by atoms with Crippen molar-refractivity contribution in [2.24, 2.45) is 21.7 Å². The van der Waals surface area contributed by atoms with Crippen LogP contribution in [0, 0.1) is 21.7 Å². The number of hydrogen-bond acceptors (Lipinski definition) is 6. The lowest BCUT2D eigenvalue weighted by Crippen LogP contribution is -2.62. The lowest BCUT2D eigenvalue weighted by Gasteiger charge is -2.53. The third-order valence-electron chi connectivity index (χ3n) is 4.48. The Bertz CT molecular complexity index is 335. The van der Waals surface area contributed by atoms with Gasteiger partial charge in [0.2, 0.25) is 11.6 Å². The minimum Gasteiger partial charge on any atom is -0.249 e. The van der Waals surface area contributed by atoms with Gasteiger partial charge in [0.15, 0.2) is 0 Å². The van der Waals surface area contributed by atoms with Gasteiger partial charge in [-0.3, -0.25) is 0 Å². The highest BCUT2D eigenvalue weighted by Crippen LogP contribution is 2.52. The van der Waals surface area contributed by atoms with E-state index in [1.54, 1.807) is 0 Å². The van der Waals surface area contributed by atoms with E-state index in [9.17, 15) is 10.5 Å². The van der Waals surface area contributed by atoms with Gasteiger partial charge in [-0.25, -0.2) is 10.5 Å². The summed E-state index contributed by atoms with van der Waals surface area (Å²) in [7, 11) is 0. The molecule has 6 heteroatoms. The van der Waals surface area contributed by atoms with Crippen molar-refractivity contribution in [1.82, 2.24) is 0 Å². The minimum atomic E-state index is -1.50. The average molecular weight is 350 g/mol. The smallest absolute Gasteiger partial charge is 0.243 e. The first-order valence-electron chi connectivity index (χ1n) is 8.35. The Morgan fingerprint density at radius 2 is 0.583 bits per heavy atom. The molecule has 2 N–H and O–H groups in total. The summed E-state index contributed by atoms with van der Waals surface area (Å²) in [6.07, 6.45) is 0. The number of hydrogen-bond donors (Lipinski definition) is 2. The Morgan fingerprint density at radius 3 is 0.667 bits per heavy atom. The maximum atomic E-state index is 9.71.